The molecule has 1 atom stereocenters. The van der Waals surface area contributed by atoms with E-state index in [1.807, 2.05) is 0 Å². The molecule has 0 saturated carbocycles. The second-order valence-corrected chi connectivity index (χ2v) is 5.57. The summed E-state index contributed by atoms with van der Waals surface area (Å²) < 4.78 is 13.1. The molecule has 4 heteroatoms. The van der Waals surface area contributed by atoms with E-state index in [1.54, 1.807) is 6.07 Å². The van der Waals surface area contributed by atoms with Crippen molar-refractivity contribution in [1.82, 2.24) is 10.2 Å². The van der Waals surface area contributed by atoms with Gasteiger partial charge in [0.25, 0.3) is 0 Å². The van der Waals surface area contributed by atoms with E-state index in [0.29, 0.717) is 11.1 Å². The minimum atomic E-state index is -0.267. The van der Waals surface area contributed by atoms with Crippen LogP contribution in [-0.4, -0.2) is 30.6 Å². The number of rotatable bonds is 5. The number of benzene rings is 1. The van der Waals surface area contributed by atoms with Crippen molar-refractivity contribution in [3.05, 3.63) is 34.6 Å². The average Bonchev–Trinajstić information content (AvgIpc) is 2.41. The highest BCUT2D eigenvalue weighted by molar-refractivity contribution is 6.31. The van der Waals surface area contributed by atoms with Gasteiger partial charge in [0.15, 0.2) is 0 Å². The molecule has 1 saturated heterocycles. The van der Waals surface area contributed by atoms with Crippen LogP contribution in [0.25, 0.3) is 0 Å². The van der Waals surface area contributed by atoms with Crippen molar-refractivity contribution in [3.8, 4) is 0 Å². The second-order valence-electron chi connectivity index (χ2n) is 5.16. The van der Waals surface area contributed by atoms with Crippen LogP contribution in [0, 0.1) is 5.82 Å². The molecule has 1 heterocycles. The standard InChI is InChI=1S/C15H22ClFN2/c1-2-18-10-14-5-3-4-8-19(14)11-12-6-7-13(17)9-15(12)16/h6-7,9,14,18H,2-5,8,10-11H2,1H3. The fraction of sp³-hybridized carbons (Fsp3) is 0.600. The van der Waals surface area contributed by atoms with Crippen molar-refractivity contribution in [1.29, 1.82) is 0 Å². The van der Waals surface area contributed by atoms with E-state index in [1.165, 1.54) is 31.4 Å². The fourth-order valence-electron chi connectivity index (χ4n) is 2.68. The minimum Gasteiger partial charge on any atom is -0.315 e. The van der Waals surface area contributed by atoms with Gasteiger partial charge in [0, 0.05) is 24.2 Å². The monoisotopic (exact) mass is 284 g/mol. The first-order valence-electron chi connectivity index (χ1n) is 7.09. The summed E-state index contributed by atoms with van der Waals surface area (Å²) in [4.78, 5) is 2.46. The van der Waals surface area contributed by atoms with E-state index in [-0.39, 0.29) is 5.82 Å². The van der Waals surface area contributed by atoms with Crippen LogP contribution in [0.5, 0.6) is 0 Å². The van der Waals surface area contributed by atoms with Gasteiger partial charge in [0.2, 0.25) is 0 Å². The van der Waals surface area contributed by atoms with E-state index < -0.39 is 0 Å². The van der Waals surface area contributed by atoms with E-state index in [4.69, 9.17) is 11.6 Å². The normalized spacial score (nSPS) is 20.7. The Morgan fingerprint density at radius 1 is 1.42 bits per heavy atom. The molecule has 0 bridgehead atoms. The molecule has 0 aromatic heterocycles. The topological polar surface area (TPSA) is 15.3 Å². The Kier molecular flexibility index (Phi) is 5.61. The highest BCUT2D eigenvalue weighted by atomic mass is 35.5. The maximum atomic E-state index is 13.1. The van der Waals surface area contributed by atoms with Crippen molar-refractivity contribution in [2.24, 2.45) is 0 Å². The minimum absolute atomic E-state index is 0.267. The molecule has 0 aliphatic carbocycles. The first-order chi connectivity index (χ1) is 9.20. The number of hydrogen-bond acceptors (Lipinski definition) is 2. The molecule has 0 spiro atoms. The van der Waals surface area contributed by atoms with E-state index in [2.05, 4.69) is 17.1 Å². The maximum Gasteiger partial charge on any atom is 0.124 e. The van der Waals surface area contributed by atoms with Gasteiger partial charge < -0.3 is 5.32 Å². The summed E-state index contributed by atoms with van der Waals surface area (Å²) in [5.74, 6) is -0.267. The van der Waals surface area contributed by atoms with E-state index in [9.17, 15) is 4.39 Å². The van der Waals surface area contributed by atoms with Gasteiger partial charge >= 0.3 is 0 Å². The zero-order valence-electron chi connectivity index (χ0n) is 11.5. The predicted molar refractivity (Wildman–Crippen MR) is 78.0 cm³/mol. The molecule has 1 aliphatic heterocycles. The zero-order valence-corrected chi connectivity index (χ0v) is 12.2. The van der Waals surface area contributed by atoms with Crippen LogP contribution in [-0.2, 0) is 6.54 Å². The van der Waals surface area contributed by atoms with E-state index in [0.717, 1.165) is 31.7 Å². The number of likely N-dealkylation sites (tertiary alicyclic amines) is 1. The number of nitrogens with zero attached hydrogens (tertiary/aromatic N) is 1. The van der Waals surface area contributed by atoms with Crippen LogP contribution >= 0.6 is 11.6 Å². The highest BCUT2D eigenvalue weighted by Gasteiger charge is 2.22. The Morgan fingerprint density at radius 3 is 3.00 bits per heavy atom. The molecule has 1 fully saturated rings. The van der Waals surface area contributed by atoms with Gasteiger partial charge in [-0.2, -0.15) is 0 Å². The van der Waals surface area contributed by atoms with Crippen molar-refractivity contribution in [2.75, 3.05) is 19.6 Å². The average molecular weight is 285 g/mol. The molecular weight excluding hydrogens is 263 g/mol. The maximum absolute atomic E-state index is 13.1. The Morgan fingerprint density at radius 2 is 2.26 bits per heavy atom. The summed E-state index contributed by atoms with van der Waals surface area (Å²) in [6, 6.07) is 5.26. The van der Waals surface area contributed by atoms with Crippen molar-refractivity contribution < 1.29 is 4.39 Å². The van der Waals surface area contributed by atoms with Crippen molar-refractivity contribution in [2.45, 2.75) is 38.8 Å². The molecular formula is C15H22ClFN2. The Bertz CT molecular complexity index is 411. The third-order valence-electron chi connectivity index (χ3n) is 3.77. The third-order valence-corrected chi connectivity index (χ3v) is 4.12. The number of nitrogens with one attached hydrogen (secondary N) is 1. The molecule has 106 valence electrons. The zero-order chi connectivity index (χ0) is 13.7. The van der Waals surface area contributed by atoms with Gasteiger partial charge in [-0.3, -0.25) is 4.90 Å². The first-order valence-corrected chi connectivity index (χ1v) is 7.47. The first kappa shape index (κ1) is 14.8. The van der Waals surface area contributed by atoms with Gasteiger partial charge in [0.05, 0.1) is 0 Å². The van der Waals surface area contributed by atoms with Crippen LogP contribution < -0.4 is 5.32 Å². The fourth-order valence-corrected chi connectivity index (χ4v) is 2.91. The van der Waals surface area contributed by atoms with Gasteiger partial charge in [-0.25, -0.2) is 4.39 Å². The Hall–Kier alpha value is -0.640. The number of halogens is 2. The van der Waals surface area contributed by atoms with Crippen LogP contribution in [0.15, 0.2) is 18.2 Å². The molecule has 1 aromatic carbocycles. The molecule has 19 heavy (non-hydrogen) atoms. The number of hydrogen-bond donors (Lipinski definition) is 1. The predicted octanol–water partition coefficient (Wildman–Crippen LogP) is 3.44. The lowest BCUT2D eigenvalue weighted by Gasteiger charge is -2.36. The summed E-state index contributed by atoms with van der Waals surface area (Å²) in [6.07, 6.45) is 3.76. The Labute approximate surface area is 119 Å². The quantitative estimate of drug-likeness (QED) is 0.891. The molecule has 1 aromatic rings. The highest BCUT2D eigenvalue weighted by Crippen LogP contribution is 2.23. The summed E-state index contributed by atoms with van der Waals surface area (Å²) in [5, 5.41) is 3.96. The summed E-state index contributed by atoms with van der Waals surface area (Å²) in [5.41, 5.74) is 1.02. The second kappa shape index (κ2) is 7.22. The molecule has 1 aliphatic rings. The molecule has 1 N–H and O–H groups in total. The van der Waals surface area contributed by atoms with Crippen LogP contribution in [0.3, 0.4) is 0 Å². The van der Waals surface area contributed by atoms with Gasteiger partial charge in [-0.15, -0.1) is 0 Å². The molecule has 2 rings (SSSR count). The van der Waals surface area contributed by atoms with Gasteiger partial charge in [-0.05, 0) is 43.6 Å². The summed E-state index contributed by atoms with van der Waals surface area (Å²) >= 11 is 6.12. The van der Waals surface area contributed by atoms with Gasteiger partial charge in [-0.1, -0.05) is 31.0 Å². The van der Waals surface area contributed by atoms with Crippen LogP contribution in [0.2, 0.25) is 5.02 Å². The summed E-state index contributed by atoms with van der Waals surface area (Å²) in [6.45, 7) is 6.07. The van der Waals surface area contributed by atoms with Crippen molar-refractivity contribution >= 4 is 11.6 Å². The van der Waals surface area contributed by atoms with Crippen LogP contribution in [0.1, 0.15) is 31.7 Å². The lowest BCUT2D eigenvalue weighted by atomic mass is 10.0. The Balaban J connectivity index is 2.02. The largest absolute Gasteiger partial charge is 0.315 e. The molecule has 2 nitrogen and oxygen atoms in total. The lowest BCUT2D eigenvalue weighted by Crippen LogP contribution is -2.44. The smallest absolute Gasteiger partial charge is 0.124 e. The molecule has 1 unspecified atom stereocenters. The number of likely N-dealkylation sites (N-methyl/N-ethyl adjacent to an activating group) is 1. The summed E-state index contributed by atoms with van der Waals surface area (Å²) in [7, 11) is 0. The lowest BCUT2D eigenvalue weighted by molar-refractivity contribution is 0.138. The number of piperidine rings is 1. The third kappa shape index (κ3) is 4.16. The SMILES string of the molecule is CCNCC1CCCCN1Cc1ccc(F)cc1Cl. The van der Waals surface area contributed by atoms with E-state index >= 15 is 0 Å². The van der Waals surface area contributed by atoms with Crippen molar-refractivity contribution in [3.63, 3.8) is 0 Å². The van der Waals surface area contributed by atoms with Crippen LogP contribution in [0.4, 0.5) is 4.39 Å². The molecule has 0 radical (unpaired) electrons. The molecule has 0 amide bonds. The van der Waals surface area contributed by atoms with Gasteiger partial charge in [0.1, 0.15) is 5.82 Å².